The number of nitrogens with one attached hydrogen (secondary N) is 2. The van der Waals surface area contributed by atoms with Crippen molar-refractivity contribution in [3.8, 4) is 6.07 Å². The maximum absolute atomic E-state index is 13.8. The van der Waals surface area contributed by atoms with Crippen LogP contribution in [0.15, 0.2) is 48.8 Å². The van der Waals surface area contributed by atoms with E-state index in [-0.39, 0.29) is 17.7 Å². The lowest BCUT2D eigenvalue weighted by Crippen LogP contribution is -2.40. The summed E-state index contributed by atoms with van der Waals surface area (Å²) in [5, 5.41) is 26.4. The van der Waals surface area contributed by atoms with Gasteiger partial charge in [-0.2, -0.15) is 5.26 Å². The van der Waals surface area contributed by atoms with Gasteiger partial charge in [0.2, 0.25) is 0 Å². The molecule has 10 heteroatoms. The number of hydrogen-bond donors (Lipinski definition) is 2. The standard InChI is InChI=1S/C29H29ClFN7O/c1-29(2)13-20(9-10-39-29)34-26-18(14-32)15-33-28-23(26)11-21(12-24(28)30)35-27(17-3-5-19(31)6-4-17)25-16-38(37-36-25)22-7-8-22/h3-6,11-12,15-16,20,22,27,35H,7-10,13H2,1-2H3,(H,33,34)/t20?,27-/m0/s1/i27D. The zero-order valence-corrected chi connectivity index (χ0v) is 22.5. The number of rotatable bonds is 7. The lowest BCUT2D eigenvalue weighted by atomic mass is 9.93. The molecule has 39 heavy (non-hydrogen) atoms. The third-order valence-corrected chi connectivity index (χ3v) is 7.47. The molecule has 0 bridgehead atoms. The number of pyridine rings is 1. The van der Waals surface area contributed by atoms with Crippen LogP contribution in [0.4, 0.5) is 15.8 Å². The Bertz CT molecular complexity index is 1620. The van der Waals surface area contributed by atoms with E-state index in [9.17, 15) is 11.0 Å². The van der Waals surface area contributed by atoms with E-state index in [2.05, 4.69) is 45.8 Å². The molecule has 2 atom stereocenters. The van der Waals surface area contributed by atoms with Crippen molar-refractivity contribution in [2.45, 2.75) is 63.2 Å². The second-order valence-corrected chi connectivity index (χ2v) is 11.2. The molecule has 200 valence electrons. The van der Waals surface area contributed by atoms with E-state index in [1.54, 1.807) is 29.1 Å². The van der Waals surface area contributed by atoms with Gasteiger partial charge in [-0.3, -0.25) is 4.98 Å². The topological polar surface area (TPSA) is 101 Å². The van der Waals surface area contributed by atoms with Crippen molar-refractivity contribution in [3.63, 3.8) is 0 Å². The summed E-state index contributed by atoms with van der Waals surface area (Å²) in [4.78, 5) is 4.47. The molecule has 3 heterocycles. The van der Waals surface area contributed by atoms with Crippen LogP contribution >= 0.6 is 11.6 Å². The molecule has 2 aromatic heterocycles. The van der Waals surface area contributed by atoms with Gasteiger partial charge in [-0.15, -0.1) is 5.10 Å². The van der Waals surface area contributed by atoms with E-state index in [0.717, 1.165) is 25.7 Å². The highest BCUT2D eigenvalue weighted by atomic mass is 35.5. The summed E-state index contributed by atoms with van der Waals surface area (Å²) in [5.74, 6) is -0.399. The SMILES string of the molecule is [2H][C@](Nc1cc(Cl)c2ncc(C#N)c(NC3CCOC(C)(C)C3)c2c1)(c1ccc(F)cc1)c1cn(C2CC2)nn1. The molecule has 8 nitrogen and oxygen atoms in total. The van der Waals surface area contributed by atoms with Crippen LogP contribution in [0.3, 0.4) is 0 Å². The summed E-state index contributed by atoms with van der Waals surface area (Å²) in [6.45, 7) is 4.72. The predicted octanol–water partition coefficient (Wildman–Crippen LogP) is 6.40. The van der Waals surface area contributed by atoms with Crippen LogP contribution in [0.5, 0.6) is 0 Å². The Kier molecular flexibility index (Phi) is 6.30. The average Bonchev–Trinajstić information content (AvgIpc) is 3.64. The van der Waals surface area contributed by atoms with E-state index in [1.807, 2.05) is 6.07 Å². The van der Waals surface area contributed by atoms with E-state index in [0.29, 0.717) is 50.7 Å². The number of halogens is 2. The lowest BCUT2D eigenvalue weighted by Gasteiger charge is -2.36. The Balaban J connectivity index is 1.43. The van der Waals surface area contributed by atoms with Crippen molar-refractivity contribution < 1.29 is 10.5 Å². The fourth-order valence-electron chi connectivity index (χ4n) is 5.08. The van der Waals surface area contributed by atoms with Crippen molar-refractivity contribution in [1.82, 2.24) is 20.0 Å². The van der Waals surface area contributed by atoms with Crippen LogP contribution in [0.2, 0.25) is 5.02 Å². The quantitative estimate of drug-likeness (QED) is 0.277. The molecule has 0 spiro atoms. The molecule has 4 aromatic rings. The fraction of sp³-hybridized carbons (Fsp3) is 0.379. The maximum Gasteiger partial charge on any atom is 0.123 e. The Morgan fingerprint density at radius 2 is 2.05 bits per heavy atom. The summed E-state index contributed by atoms with van der Waals surface area (Å²) >= 11 is 6.74. The molecule has 1 saturated carbocycles. The molecule has 2 aromatic carbocycles. The van der Waals surface area contributed by atoms with Gasteiger partial charge in [-0.05, 0) is 69.4 Å². The van der Waals surface area contributed by atoms with Crippen LogP contribution in [0.25, 0.3) is 10.9 Å². The minimum atomic E-state index is -1.60. The number of hydrogen-bond acceptors (Lipinski definition) is 7. The van der Waals surface area contributed by atoms with Gasteiger partial charge in [0.05, 0.1) is 47.0 Å². The summed E-state index contributed by atoms with van der Waals surface area (Å²) in [5.41, 5.74) is 2.66. The molecular weight excluding hydrogens is 517 g/mol. The summed E-state index contributed by atoms with van der Waals surface area (Å²) in [6.07, 6.45) is 6.89. The monoisotopic (exact) mass is 546 g/mol. The third kappa shape index (κ3) is 5.40. The molecule has 2 N–H and O–H groups in total. The molecule has 1 aliphatic heterocycles. The van der Waals surface area contributed by atoms with Crippen LogP contribution in [0.1, 0.15) is 69.8 Å². The Morgan fingerprint density at radius 3 is 2.77 bits per heavy atom. The summed E-state index contributed by atoms with van der Waals surface area (Å²) in [6, 6.07) is 10.3. The smallest absolute Gasteiger partial charge is 0.123 e. The van der Waals surface area contributed by atoms with Gasteiger partial charge in [0.1, 0.15) is 17.6 Å². The number of anilines is 2. The zero-order valence-electron chi connectivity index (χ0n) is 22.7. The second-order valence-electron chi connectivity index (χ2n) is 10.8. The number of aromatic nitrogens is 4. The first kappa shape index (κ1) is 24.3. The van der Waals surface area contributed by atoms with Gasteiger partial charge < -0.3 is 15.4 Å². The van der Waals surface area contributed by atoms with Gasteiger partial charge in [0, 0.05) is 29.9 Å². The minimum absolute atomic E-state index is 0.0868. The summed E-state index contributed by atoms with van der Waals surface area (Å²) < 4.78 is 31.0. The molecule has 0 radical (unpaired) electrons. The first-order valence-electron chi connectivity index (χ1n) is 13.5. The van der Waals surface area contributed by atoms with Crippen molar-refractivity contribution >= 4 is 33.9 Å². The molecular formula is C29H29ClFN7O. The van der Waals surface area contributed by atoms with Crippen LogP contribution in [-0.4, -0.2) is 38.2 Å². The second kappa shape index (κ2) is 10.1. The molecule has 1 unspecified atom stereocenters. The molecule has 0 amide bonds. The van der Waals surface area contributed by atoms with Crippen molar-refractivity contribution in [2.24, 2.45) is 0 Å². The van der Waals surface area contributed by atoms with Gasteiger partial charge in [-0.1, -0.05) is 28.9 Å². The number of nitrogens with zero attached hydrogens (tertiary/aromatic N) is 5. The van der Waals surface area contributed by atoms with E-state index < -0.39 is 11.8 Å². The number of benzene rings is 2. The van der Waals surface area contributed by atoms with Gasteiger partial charge >= 0.3 is 0 Å². The molecule has 1 aliphatic carbocycles. The van der Waals surface area contributed by atoms with Crippen molar-refractivity contribution in [2.75, 3.05) is 17.2 Å². The zero-order chi connectivity index (χ0) is 28.1. The van der Waals surface area contributed by atoms with Crippen LogP contribution < -0.4 is 10.6 Å². The Hall–Kier alpha value is -3.74. The first-order valence-corrected chi connectivity index (χ1v) is 13.4. The highest BCUT2D eigenvalue weighted by molar-refractivity contribution is 6.35. The largest absolute Gasteiger partial charge is 0.380 e. The predicted molar refractivity (Wildman–Crippen MR) is 148 cm³/mol. The summed E-state index contributed by atoms with van der Waals surface area (Å²) in [7, 11) is 0. The van der Waals surface area contributed by atoms with Crippen molar-refractivity contribution in [3.05, 3.63) is 76.5 Å². The third-order valence-electron chi connectivity index (χ3n) is 7.18. The first-order chi connectivity index (χ1) is 19.1. The van der Waals surface area contributed by atoms with E-state index in [4.69, 9.17) is 16.3 Å². The highest BCUT2D eigenvalue weighted by Crippen LogP contribution is 2.38. The molecule has 2 aliphatic rings. The number of ether oxygens (including phenoxy) is 1. The Morgan fingerprint density at radius 1 is 1.26 bits per heavy atom. The Labute approximate surface area is 232 Å². The highest BCUT2D eigenvalue weighted by Gasteiger charge is 2.30. The van der Waals surface area contributed by atoms with E-state index >= 15 is 0 Å². The number of nitriles is 1. The van der Waals surface area contributed by atoms with Gasteiger partial charge in [-0.25, -0.2) is 9.07 Å². The number of fused-ring (bicyclic) bond motifs is 1. The minimum Gasteiger partial charge on any atom is -0.380 e. The lowest BCUT2D eigenvalue weighted by molar-refractivity contribution is -0.0553. The maximum atomic E-state index is 13.8. The fourth-order valence-corrected chi connectivity index (χ4v) is 5.35. The molecule has 1 saturated heterocycles. The van der Waals surface area contributed by atoms with E-state index in [1.165, 1.54) is 18.3 Å². The van der Waals surface area contributed by atoms with Crippen LogP contribution in [0, 0.1) is 17.1 Å². The van der Waals surface area contributed by atoms with Crippen molar-refractivity contribution in [1.29, 1.82) is 5.26 Å². The van der Waals surface area contributed by atoms with Gasteiger partial charge in [0.25, 0.3) is 0 Å². The molecule has 6 rings (SSSR count). The van der Waals surface area contributed by atoms with Gasteiger partial charge in [0.15, 0.2) is 0 Å². The van der Waals surface area contributed by atoms with Crippen LogP contribution in [-0.2, 0) is 4.74 Å². The average molecular weight is 547 g/mol. The normalized spacial score (nSPS) is 20.6. The molecule has 2 fully saturated rings.